The maximum absolute atomic E-state index is 11.5. The Bertz CT molecular complexity index is 549. The minimum atomic E-state index is -0.425. The summed E-state index contributed by atoms with van der Waals surface area (Å²) in [5.74, 6) is -0.425. The molecule has 2 aromatic rings. The summed E-state index contributed by atoms with van der Waals surface area (Å²) in [6.07, 6.45) is 1.46. The van der Waals surface area contributed by atoms with Crippen molar-refractivity contribution < 1.29 is 4.79 Å². The van der Waals surface area contributed by atoms with Crippen LogP contribution in [0.4, 0.5) is 5.69 Å². The second-order valence-corrected chi connectivity index (χ2v) is 3.07. The van der Waals surface area contributed by atoms with Crippen molar-refractivity contribution >= 4 is 29.2 Å². The fourth-order valence-corrected chi connectivity index (χ4v) is 1.47. The number of pyridine rings is 1. The van der Waals surface area contributed by atoms with E-state index in [9.17, 15) is 4.79 Å². The van der Waals surface area contributed by atoms with E-state index in [1.807, 2.05) is 18.2 Å². The monoisotopic (exact) mass is 199 g/mol. The number of fused-ring (bicyclic) bond motifs is 1. The Kier molecular flexibility index (Phi) is 2.17. The summed E-state index contributed by atoms with van der Waals surface area (Å²) < 4.78 is 0. The van der Waals surface area contributed by atoms with Gasteiger partial charge in [-0.1, -0.05) is 18.2 Å². The van der Waals surface area contributed by atoms with Gasteiger partial charge in [0.25, 0.3) is 5.91 Å². The smallest absolute Gasteiger partial charge is 0.279 e. The Morgan fingerprint density at radius 2 is 2.13 bits per heavy atom. The summed E-state index contributed by atoms with van der Waals surface area (Å²) in [5.41, 5.74) is 7.11. The van der Waals surface area contributed by atoms with Crippen molar-refractivity contribution in [3.63, 3.8) is 0 Å². The van der Waals surface area contributed by atoms with E-state index in [2.05, 4.69) is 16.7 Å². The first-order valence-electron chi connectivity index (χ1n) is 4.38. The SMILES string of the molecule is C=NC(=O)c1c(N)cnc2ccccc12. The largest absolute Gasteiger partial charge is 0.397 e. The highest BCUT2D eigenvalue weighted by molar-refractivity contribution is 6.11. The Labute approximate surface area is 86.5 Å². The van der Waals surface area contributed by atoms with Crippen molar-refractivity contribution in [1.82, 2.24) is 4.98 Å². The predicted octanol–water partition coefficient (Wildman–Crippen LogP) is 1.66. The van der Waals surface area contributed by atoms with E-state index < -0.39 is 5.91 Å². The molecule has 0 spiro atoms. The molecule has 0 unspecified atom stereocenters. The highest BCUT2D eigenvalue weighted by Crippen LogP contribution is 2.22. The molecule has 0 radical (unpaired) electrons. The normalized spacial score (nSPS) is 10.1. The van der Waals surface area contributed by atoms with Gasteiger partial charge in [0.1, 0.15) is 0 Å². The lowest BCUT2D eigenvalue weighted by Gasteiger charge is -2.04. The van der Waals surface area contributed by atoms with Crippen molar-refractivity contribution in [2.75, 3.05) is 5.73 Å². The van der Waals surface area contributed by atoms with Crippen molar-refractivity contribution in [2.24, 2.45) is 4.99 Å². The molecule has 0 fully saturated rings. The standard InChI is InChI=1S/C11H9N3O/c1-13-11(15)10-7-4-2-3-5-9(7)14-6-8(10)12/h2-6H,1,12H2. The fourth-order valence-electron chi connectivity index (χ4n) is 1.47. The number of hydrogen-bond donors (Lipinski definition) is 1. The van der Waals surface area contributed by atoms with Crippen LogP contribution >= 0.6 is 0 Å². The van der Waals surface area contributed by atoms with Gasteiger partial charge in [-0.3, -0.25) is 9.78 Å². The van der Waals surface area contributed by atoms with Crippen LogP contribution < -0.4 is 5.73 Å². The Balaban J connectivity index is 2.85. The van der Waals surface area contributed by atoms with Gasteiger partial charge < -0.3 is 5.73 Å². The molecule has 74 valence electrons. The van der Waals surface area contributed by atoms with Crippen LogP contribution in [0.2, 0.25) is 0 Å². The van der Waals surface area contributed by atoms with E-state index in [1.165, 1.54) is 6.20 Å². The quantitative estimate of drug-likeness (QED) is 0.710. The summed E-state index contributed by atoms with van der Waals surface area (Å²) in [4.78, 5) is 19.0. The summed E-state index contributed by atoms with van der Waals surface area (Å²) in [5, 5.41) is 0.704. The highest BCUT2D eigenvalue weighted by Gasteiger charge is 2.12. The van der Waals surface area contributed by atoms with Gasteiger partial charge in [-0.2, -0.15) is 0 Å². The van der Waals surface area contributed by atoms with Crippen LogP contribution in [0.5, 0.6) is 0 Å². The van der Waals surface area contributed by atoms with Gasteiger partial charge in [-0.05, 0) is 12.8 Å². The highest BCUT2D eigenvalue weighted by atomic mass is 16.1. The molecule has 2 rings (SSSR count). The lowest BCUT2D eigenvalue weighted by Crippen LogP contribution is -2.02. The topological polar surface area (TPSA) is 68.3 Å². The molecule has 0 atom stereocenters. The zero-order chi connectivity index (χ0) is 10.8. The summed E-state index contributed by atoms with van der Waals surface area (Å²) in [6.45, 7) is 3.21. The second kappa shape index (κ2) is 3.49. The number of para-hydroxylation sites is 1. The van der Waals surface area contributed by atoms with Gasteiger partial charge in [0.05, 0.1) is 23.0 Å². The number of carbonyl (C=O) groups excluding carboxylic acids is 1. The molecule has 0 bridgehead atoms. The summed E-state index contributed by atoms with van der Waals surface area (Å²) in [7, 11) is 0. The van der Waals surface area contributed by atoms with Crippen LogP contribution in [0.25, 0.3) is 10.9 Å². The van der Waals surface area contributed by atoms with Gasteiger partial charge in [0.15, 0.2) is 0 Å². The van der Waals surface area contributed by atoms with Crippen molar-refractivity contribution in [1.29, 1.82) is 0 Å². The number of nitrogen functional groups attached to an aromatic ring is 1. The minimum absolute atomic E-state index is 0.325. The molecule has 1 amide bonds. The van der Waals surface area contributed by atoms with Gasteiger partial charge in [-0.15, -0.1) is 0 Å². The lowest BCUT2D eigenvalue weighted by molar-refractivity contribution is 0.101. The number of aliphatic imine (C=N–C) groups is 1. The zero-order valence-corrected chi connectivity index (χ0v) is 7.97. The molecule has 0 aliphatic rings. The maximum atomic E-state index is 11.5. The van der Waals surface area contributed by atoms with E-state index in [0.717, 1.165) is 5.52 Å². The van der Waals surface area contributed by atoms with Crippen LogP contribution in [0, 0.1) is 0 Å². The fraction of sp³-hybridized carbons (Fsp3) is 0. The van der Waals surface area contributed by atoms with Crippen LogP contribution in [-0.4, -0.2) is 17.6 Å². The molecule has 1 aromatic heterocycles. The maximum Gasteiger partial charge on any atom is 0.279 e. The number of rotatable bonds is 1. The van der Waals surface area contributed by atoms with Crippen molar-refractivity contribution in [2.45, 2.75) is 0 Å². The van der Waals surface area contributed by atoms with Crippen molar-refractivity contribution in [3.8, 4) is 0 Å². The van der Waals surface area contributed by atoms with Gasteiger partial charge in [0.2, 0.25) is 0 Å². The predicted molar refractivity (Wildman–Crippen MR) is 60.0 cm³/mol. The molecular weight excluding hydrogens is 190 g/mol. The molecule has 4 nitrogen and oxygen atoms in total. The first kappa shape index (κ1) is 9.33. The van der Waals surface area contributed by atoms with Gasteiger partial charge in [0, 0.05) is 5.39 Å². The average Bonchev–Trinajstić information content (AvgIpc) is 2.28. The average molecular weight is 199 g/mol. The molecule has 15 heavy (non-hydrogen) atoms. The number of amides is 1. The van der Waals surface area contributed by atoms with E-state index >= 15 is 0 Å². The molecule has 0 aliphatic carbocycles. The molecule has 1 heterocycles. The summed E-state index contributed by atoms with van der Waals surface area (Å²) in [6, 6.07) is 7.27. The number of nitrogens with zero attached hydrogens (tertiary/aromatic N) is 2. The van der Waals surface area contributed by atoms with Crippen LogP contribution in [0.3, 0.4) is 0 Å². The third-order valence-electron chi connectivity index (χ3n) is 2.16. The molecule has 1 aromatic carbocycles. The number of benzene rings is 1. The number of hydrogen-bond acceptors (Lipinski definition) is 3. The Hall–Kier alpha value is -2.23. The van der Waals surface area contributed by atoms with E-state index in [4.69, 9.17) is 5.73 Å². The van der Waals surface area contributed by atoms with Crippen LogP contribution in [0.1, 0.15) is 10.4 Å². The minimum Gasteiger partial charge on any atom is -0.397 e. The number of carbonyl (C=O) groups is 1. The second-order valence-electron chi connectivity index (χ2n) is 3.07. The number of aromatic nitrogens is 1. The lowest BCUT2D eigenvalue weighted by atomic mass is 10.1. The van der Waals surface area contributed by atoms with Crippen LogP contribution in [0.15, 0.2) is 35.5 Å². The molecule has 0 saturated carbocycles. The van der Waals surface area contributed by atoms with E-state index in [-0.39, 0.29) is 0 Å². The Morgan fingerprint density at radius 1 is 1.40 bits per heavy atom. The third-order valence-corrected chi connectivity index (χ3v) is 2.16. The number of anilines is 1. The van der Waals surface area contributed by atoms with E-state index in [1.54, 1.807) is 6.07 Å². The molecular formula is C11H9N3O. The number of nitrogens with two attached hydrogens (primary N) is 1. The first-order valence-corrected chi connectivity index (χ1v) is 4.38. The van der Waals surface area contributed by atoms with E-state index in [0.29, 0.717) is 16.6 Å². The molecule has 0 saturated heterocycles. The van der Waals surface area contributed by atoms with Crippen LogP contribution in [-0.2, 0) is 0 Å². The summed E-state index contributed by atoms with van der Waals surface area (Å²) >= 11 is 0. The molecule has 4 heteroatoms. The third kappa shape index (κ3) is 1.46. The Morgan fingerprint density at radius 3 is 2.87 bits per heavy atom. The molecule has 2 N–H and O–H groups in total. The van der Waals surface area contributed by atoms with Crippen molar-refractivity contribution in [3.05, 3.63) is 36.0 Å². The first-order chi connectivity index (χ1) is 7.24. The zero-order valence-electron chi connectivity index (χ0n) is 7.97. The van der Waals surface area contributed by atoms with Gasteiger partial charge >= 0.3 is 0 Å². The van der Waals surface area contributed by atoms with Gasteiger partial charge in [-0.25, -0.2) is 4.99 Å². The molecule has 0 aliphatic heterocycles.